The number of ether oxygens (including phenoxy) is 1. The molecular weight excluding hydrogens is 272 g/mol. The third-order valence-electron chi connectivity index (χ3n) is 3.55. The molecule has 0 radical (unpaired) electrons. The van der Waals surface area contributed by atoms with Gasteiger partial charge < -0.3 is 10.1 Å². The predicted molar refractivity (Wildman–Crippen MR) is 74.4 cm³/mol. The minimum absolute atomic E-state index is 0.394. The molecule has 3 rings (SSSR count). The Morgan fingerprint density at radius 3 is 2.81 bits per heavy atom. The van der Waals surface area contributed by atoms with Crippen LogP contribution in [0.3, 0.4) is 0 Å². The first-order chi connectivity index (χ1) is 10.0. The van der Waals surface area contributed by atoms with Gasteiger partial charge in [-0.3, -0.25) is 4.68 Å². The number of methoxy groups -OCH3 is 1. The number of nitrogens with zero attached hydrogens (tertiary/aromatic N) is 5. The lowest BCUT2D eigenvalue weighted by Crippen LogP contribution is -2.29. The summed E-state index contributed by atoms with van der Waals surface area (Å²) in [4.78, 5) is 16.4. The Labute approximate surface area is 121 Å². The van der Waals surface area contributed by atoms with Crippen molar-refractivity contribution in [2.45, 2.75) is 19.9 Å². The average Bonchev–Trinajstić information content (AvgIpc) is 3.02. The molecule has 1 aliphatic rings. The lowest BCUT2D eigenvalue weighted by atomic mass is 9.96. The van der Waals surface area contributed by atoms with Crippen LogP contribution in [0, 0.1) is 6.92 Å². The Bertz CT molecular complexity index is 742. The van der Waals surface area contributed by atoms with Crippen molar-refractivity contribution in [3.63, 3.8) is 0 Å². The van der Waals surface area contributed by atoms with Gasteiger partial charge in [-0.05, 0) is 13.8 Å². The van der Waals surface area contributed by atoms with Crippen LogP contribution in [-0.4, -0.2) is 37.6 Å². The molecule has 3 heterocycles. The standard InChI is InChI=1S/C13H16N6O2/c1-7-9(5-18(3)17-7)11-10(12(20)21-4)8(2)16-13-14-6-15-19(11)13/h5-6,11H,1-4H3,(H,14,15,16)/t11-/m0/s1. The molecule has 2 aromatic rings. The van der Waals surface area contributed by atoms with E-state index < -0.39 is 12.0 Å². The number of fused-ring (bicyclic) bond motifs is 1. The number of carbonyl (C=O) groups excluding carboxylic acids is 1. The Balaban J connectivity index is 2.22. The van der Waals surface area contributed by atoms with Crippen molar-refractivity contribution in [1.29, 1.82) is 0 Å². The van der Waals surface area contributed by atoms with Crippen LogP contribution in [0.4, 0.5) is 5.95 Å². The fourth-order valence-corrected chi connectivity index (χ4v) is 2.64. The predicted octanol–water partition coefficient (Wildman–Crippen LogP) is 0.782. The van der Waals surface area contributed by atoms with Crippen molar-refractivity contribution in [3.8, 4) is 0 Å². The molecule has 0 aliphatic carbocycles. The first kappa shape index (κ1) is 13.3. The number of rotatable bonds is 2. The second-order valence-corrected chi connectivity index (χ2v) is 4.93. The van der Waals surface area contributed by atoms with Crippen molar-refractivity contribution >= 4 is 11.9 Å². The summed E-state index contributed by atoms with van der Waals surface area (Å²) in [6.45, 7) is 3.72. The van der Waals surface area contributed by atoms with Gasteiger partial charge >= 0.3 is 5.97 Å². The van der Waals surface area contributed by atoms with E-state index in [0.29, 0.717) is 17.2 Å². The van der Waals surface area contributed by atoms with Crippen molar-refractivity contribution in [2.24, 2.45) is 7.05 Å². The summed E-state index contributed by atoms with van der Waals surface area (Å²) in [5, 5.41) is 11.7. The molecule has 0 saturated carbocycles. The van der Waals surface area contributed by atoms with Crippen LogP contribution in [-0.2, 0) is 16.6 Å². The zero-order chi connectivity index (χ0) is 15.1. The third-order valence-corrected chi connectivity index (χ3v) is 3.55. The highest BCUT2D eigenvalue weighted by Gasteiger charge is 2.35. The van der Waals surface area contributed by atoms with Gasteiger partial charge in [0.25, 0.3) is 0 Å². The minimum atomic E-state index is -0.398. The SMILES string of the molecule is COC(=O)C1=C(C)Nc2ncnn2[C@H]1c1cn(C)nc1C. The van der Waals surface area contributed by atoms with Gasteiger partial charge in [0.2, 0.25) is 5.95 Å². The Morgan fingerprint density at radius 1 is 1.43 bits per heavy atom. The van der Waals surface area contributed by atoms with Crippen LogP contribution >= 0.6 is 0 Å². The highest BCUT2D eigenvalue weighted by Crippen LogP contribution is 2.35. The second kappa shape index (κ2) is 4.72. The first-order valence-electron chi connectivity index (χ1n) is 6.48. The number of hydrogen-bond donors (Lipinski definition) is 1. The van der Waals surface area contributed by atoms with Gasteiger partial charge in [0, 0.05) is 24.5 Å². The number of esters is 1. The van der Waals surface area contributed by atoms with Crippen molar-refractivity contribution in [1.82, 2.24) is 24.5 Å². The summed E-state index contributed by atoms with van der Waals surface area (Å²) in [5.41, 5.74) is 2.94. The number of nitrogens with one attached hydrogen (secondary N) is 1. The van der Waals surface area contributed by atoms with Crippen molar-refractivity contribution in [3.05, 3.63) is 35.1 Å². The van der Waals surface area contributed by atoms with E-state index >= 15 is 0 Å². The van der Waals surface area contributed by atoms with Crippen LogP contribution in [0.15, 0.2) is 23.8 Å². The molecule has 8 nitrogen and oxygen atoms in total. The van der Waals surface area contributed by atoms with E-state index in [1.54, 1.807) is 9.36 Å². The summed E-state index contributed by atoms with van der Waals surface area (Å²) < 4.78 is 8.31. The van der Waals surface area contributed by atoms with Crippen LogP contribution in [0.25, 0.3) is 0 Å². The van der Waals surface area contributed by atoms with Crippen molar-refractivity contribution in [2.75, 3.05) is 12.4 Å². The quantitative estimate of drug-likeness (QED) is 0.822. The fourth-order valence-electron chi connectivity index (χ4n) is 2.64. The number of hydrogen-bond acceptors (Lipinski definition) is 6. The zero-order valence-corrected chi connectivity index (χ0v) is 12.3. The molecule has 1 aliphatic heterocycles. The van der Waals surface area contributed by atoms with Crippen LogP contribution in [0.2, 0.25) is 0 Å². The highest BCUT2D eigenvalue weighted by atomic mass is 16.5. The molecule has 0 saturated heterocycles. The fraction of sp³-hybridized carbons (Fsp3) is 0.385. The van der Waals surface area contributed by atoms with E-state index in [2.05, 4.69) is 20.5 Å². The molecular formula is C13H16N6O2. The van der Waals surface area contributed by atoms with E-state index in [4.69, 9.17) is 4.74 Å². The summed E-state index contributed by atoms with van der Waals surface area (Å²) in [6.07, 6.45) is 3.33. The number of aromatic nitrogens is 5. The number of anilines is 1. The molecule has 2 aromatic heterocycles. The van der Waals surface area contributed by atoms with Crippen LogP contribution in [0.5, 0.6) is 0 Å². The largest absolute Gasteiger partial charge is 0.466 e. The van der Waals surface area contributed by atoms with E-state index in [1.165, 1.54) is 13.4 Å². The molecule has 0 unspecified atom stereocenters. The maximum atomic E-state index is 12.2. The van der Waals surface area contributed by atoms with Crippen LogP contribution in [0.1, 0.15) is 24.2 Å². The molecule has 8 heteroatoms. The number of aryl methyl sites for hydroxylation is 2. The topological polar surface area (TPSA) is 86.9 Å². The number of carbonyl (C=O) groups is 1. The minimum Gasteiger partial charge on any atom is -0.466 e. The van der Waals surface area contributed by atoms with E-state index in [1.807, 2.05) is 27.1 Å². The third kappa shape index (κ3) is 1.99. The molecule has 0 bridgehead atoms. The maximum absolute atomic E-state index is 12.2. The summed E-state index contributed by atoms with van der Waals surface area (Å²) in [5.74, 6) is 0.197. The van der Waals surface area contributed by atoms with Gasteiger partial charge in [-0.25, -0.2) is 9.48 Å². The normalized spacial score (nSPS) is 17.4. The highest BCUT2D eigenvalue weighted by molar-refractivity contribution is 5.92. The Morgan fingerprint density at radius 2 is 2.19 bits per heavy atom. The van der Waals surface area contributed by atoms with E-state index in [0.717, 1.165) is 11.3 Å². The smallest absolute Gasteiger partial charge is 0.338 e. The molecule has 0 amide bonds. The molecule has 1 N–H and O–H groups in total. The summed E-state index contributed by atoms with van der Waals surface area (Å²) >= 11 is 0. The second-order valence-electron chi connectivity index (χ2n) is 4.93. The van der Waals surface area contributed by atoms with Gasteiger partial charge in [0.15, 0.2) is 0 Å². The molecule has 0 aromatic carbocycles. The van der Waals surface area contributed by atoms with Gasteiger partial charge in [0.05, 0.1) is 18.4 Å². The van der Waals surface area contributed by atoms with Gasteiger partial charge in [0.1, 0.15) is 12.4 Å². The molecule has 21 heavy (non-hydrogen) atoms. The van der Waals surface area contributed by atoms with Gasteiger partial charge in [-0.2, -0.15) is 15.2 Å². The lowest BCUT2D eigenvalue weighted by molar-refractivity contribution is -0.136. The average molecular weight is 288 g/mol. The summed E-state index contributed by atoms with van der Waals surface area (Å²) in [7, 11) is 3.21. The lowest BCUT2D eigenvalue weighted by Gasteiger charge is -2.27. The van der Waals surface area contributed by atoms with Crippen LogP contribution < -0.4 is 5.32 Å². The van der Waals surface area contributed by atoms with E-state index in [9.17, 15) is 4.79 Å². The van der Waals surface area contributed by atoms with Gasteiger partial charge in [-0.1, -0.05) is 0 Å². The summed E-state index contributed by atoms with van der Waals surface area (Å²) in [6, 6.07) is -0.398. The van der Waals surface area contributed by atoms with Gasteiger partial charge in [-0.15, -0.1) is 0 Å². The molecule has 0 spiro atoms. The first-order valence-corrected chi connectivity index (χ1v) is 6.48. The Kier molecular flexibility index (Phi) is 3.00. The molecule has 1 atom stereocenters. The van der Waals surface area contributed by atoms with Crippen molar-refractivity contribution < 1.29 is 9.53 Å². The number of allylic oxidation sites excluding steroid dienone is 1. The zero-order valence-electron chi connectivity index (χ0n) is 12.3. The maximum Gasteiger partial charge on any atom is 0.338 e. The Hall–Kier alpha value is -2.64. The molecule has 110 valence electrons. The monoisotopic (exact) mass is 288 g/mol. The van der Waals surface area contributed by atoms with E-state index in [-0.39, 0.29) is 0 Å². The molecule has 0 fully saturated rings.